The smallest absolute Gasteiger partial charge is 0.213 e. The molecule has 0 saturated heterocycles. The zero-order valence-electron chi connectivity index (χ0n) is 18.5. The number of aromatic nitrogens is 1. The van der Waals surface area contributed by atoms with Gasteiger partial charge in [-0.05, 0) is 59.7 Å². The minimum absolute atomic E-state index is 0.932. The van der Waals surface area contributed by atoms with Gasteiger partial charge in [0.15, 0.2) is 6.20 Å². The second-order valence-corrected chi connectivity index (χ2v) is 8.66. The van der Waals surface area contributed by atoms with Gasteiger partial charge in [0.25, 0.3) is 0 Å². The topological polar surface area (TPSA) is 17.0 Å². The highest BCUT2D eigenvalue weighted by molar-refractivity contribution is 6.16. The van der Waals surface area contributed by atoms with Crippen LogP contribution in [0, 0.1) is 13.8 Å². The summed E-state index contributed by atoms with van der Waals surface area (Å²) in [4.78, 5) is 0. The number of hydrogen-bond donors (Lipinski definition) is 0. The zero-order chi connectivity index (χ0) is 21.8. The van der Waals surface area contributed by atoms with Crippen LogP contribution in [0.5, 0.6) is 0 Å². The van der Waals surface area contributed by atoms with Gasteiger partial charge in [0.2, 0.25) is 5.69 Å². The summed E-state index contributed by atoms with van der Waals surface area (Å²) in [5, 5.41) is 4.79. The number of fused-ring (bicyclic) bond motifs is 5. The summed E-state index contributed by atoms with van der Waals surface area (Å²) in [6.07, 6.45) is 2.14. The predicted molar refractivity (Wildman–Crippen MR) is 133 cm³/mol. The van der Waals surface area contributed by atoms with Crippen molar-refractivity contribution in [1.29, 1.82) is 0 Å². The Kier molecular flexibility index (Phi) is 4.16. The fraction of sp³-hybridized carbons (Fsp3) is 0.100. The molecule has 0 aliphatic heterocycles. The molecule has 0 spiro atoms. The van der Waals surface area contributed by atoms with E-state index in [-0.39, 0.29) is 0 Å². The summed E-state index contributed by atoms with van der Waals surface area (Å²) >= 11 is 0. The van der Waals surface area contributed by atoms with E-state index in [1.807, 2.05) is 0 Å². The first-order chi connectivity index (χ1) is 15.6. The molecule has 6 aromatic rings. The monoisotopic (exact) mass is 414 g/mol. The van der Waals surface area contributed by atoms with E-state index in [1.54, 1.807) is 0 Å². The lowest BCUT2D eigenvalue weighted by Gasteiger charge is -2.07. The average Bonchev–Trinajstić information content (AvgIpc) is 3.17. The molecule has 0 atom stereocenters. The Morgan fingerprint density at radius 1 is 0.625 bits per heavy atom. The number of aryl methyl sites for hydroxylation is 3. The fourth-order valence-corrected chi connectivity index (χ4v) is 4.86. The van der Waals surface area contributed by atoms with Crippen molar-refractivity contribution in [2.24, 2.45) is 7.05 Å². The van der Waals surface area contributed by atoms with Crippen molar-refractivity contribution in [3.63, 3.8) is 0 Å². The van der Waals surface area contributed by atoms with E-state index in [0.29, 0.717) is 0 Å². The number of pyridine rings is 1. The maximum Gasteiger partial charge on any atom is 0.213 e. The first kappa shape index (κ1) is 18.8. The Morgan fingerprint density at radius 3 is 2.16 bits per heavy atom. The van der Waals surface area contributed by atoms with Crippen LogP contribution < -0.4 is 4.57 Å². The van der Waals surface area contributed by atoms with Gasteiger partial charge >= 0.3 is 0 Å². The summed E-state index contributed by atoms with van der Waals surface area (Å²) in [5.41, 5.74) is 9.22. The Hall–Kier alpha value is -3.91. The predicted octanol–water partition coefficient (Wildman–Crippen LogP) is 7.51. The maximum absolute atomic E-state index is 6.48. The van der Waals surface area contributed by atoms with Gasteiger partial charge in [0, 0.05) is 28.3 Å². The van der Waals surface area contributed by atoms with Gasteiger partial charge in [-0.3, -0.25) is 0 Å². The second kappa shape index (κ2) is 7.06. The highest BCUT2D eigenvalue weighted by atomic mass is 16.3. The molecule has 0 saturated carbocycles. The van der Waals surface area contributed by atoms with Crippen LogP contribution in [0.4, 0.5) is 0 Å². The van der Waals surface area contributed by atoms with Gasteiger partial charge in [0.05, 0.1) is 5.56 Å². The Labute approximate surface area is 187 Å². The van der Waals surface area contributed by atoms with Crippen molar-refractivity contribution in [2.45, 2.75) is 13.8 Å². The van der Waals surface area contributed by atoms with Gasteiger partial charge in [-0.15, -0.1) is 0 Å². The first-order valence-electron chi connectivity index (χ1n) is 11.0. The highest BCUT2D eigenvalue weighted by Gasteiger charge is 2.19. The van der Waals surface area contributed by atoms with Crippen LogP contribution in [0.3, 0.4) is 0 Å². The molecule has 32 heavy (non-hydrogen) atoms. The number of nitrogens with zero attached hydrogens (tertiary/aromatic N) is 1. The molecule has 0 amide bonds. The van der Waals surface area contributed by atoms with E-state index < -0.39 is 0 Å². The minimum Gasteiger partial charge on any atom is -0.455 e. The van der Waals surface area contributed by atoms with Crippen LogP contribution >= 0.6 is 0 Å². The molecule has 0 unspecified atom stereocenters. The second-order valence-electron chi connectivity index (χ2n) is 8.66. The van der Waals surface area contributed by atoms with Gasteiger partial charge in [0.1, 0.15) is 18.2 Å². The summed E-state index contributed by atoms with van der Waals surface area (Å²) in [6, 6.07) is 30.2. The van der Waals surface area contributed by atoms with Gasteiger partial charge < -0.3 is 4.42 Å². The molecule has 0 radical (unpaired) electrons. The first-order valence-corrected chi connectivity index (χ1v) is 11.0. The standard InChI is InChI=1S/C30H24NO/c1-19-16-27-26-15-20(2)25(18-29(26)32-30(27)24-12-8-7-11-23(19)24)28-17-22(13-14-31(28)3)21-9-5-4-6-10-21/h4-18H,1-3H3/q+1. The SMILES string of the molecule is Cc1cc2c(cc1-c1cc(-c3ccccc3)cc[n+]1C)oc1c3ccccc3c(C)cc21. The van der Waals surface area contributed by atoms with E-state index in [9.17, 15) is 0 Å². The van der Waals surface area contributed by atoms with E-state index >= 15 is 0 Å². The largest absolute Gasteiger partial charge is 0.455 e. The summed E-state index contributed by atoms with van der Waals surface area (Å²) < 4.78 is 8.67. The lowest BCUT2D eigenvalue weighted by molar-refractivity contribution is -0.660. The molecule has 2 heteroatoms. The van der Waals surface area contributed by atoms with Crippen molar-refractivity contribution >= 4 is 32.7 Å². The molecule has 6 rings (SSSR count). The molecule has 4 aromatic carbocycles. The molecular formula is C30H24NO+. The van der Waals surface area contributed by atoms with Crippen molar-refractivity contribution in [1.82, 2.24) is 0 Å². The summed E-state index contributed by atoms with van der Waals surface area (Å²) in [6.45, 7) is 4.37. The zero-order valence-corrected chi connectivity index (χ0v) is 18.5. The summed E-state index contributed by atoms with van der Waals surface area (Å²) in [7, 11) is 2.10. The van der Waals surface area contributed by atoms with E-state index in [2.05, 4.69) is 117 Å². The normalized spacial score (nSPS) is 11.6. The van der Waals surface area contributed by atoms with Gasteiger partial charge in [-0.25, -0.2) is 4.57 Å². The van der Waals surface area contributed by atoms with Crippen LogP contribution in [-0.2, 0) is 7.05 Å². The molecular weight excluding hydrogens is 390 g/mol. The van der Waals surface area contributed by atoms with Crippen LogP contribution in [0.2, 0.25) is 0 Å². The van der Waals surface area contributed by atoms with Gasteiger partial charge in [-0.1, -0.05) is 54.6 Å². The molecule has 2 nitrogen and oxygen atoms in total. The molecule has 154 valence electrons. The third-order valence-electron chi connectivity index (χ3n) is 6.56. The number of furan rings is 1. The van der Waals surface area contributed by atoms with Crippen LogP contribution in [0.25, 0.3) is 55.1 Å². The van der Waals surface area contributed by atoms with E-state index in [0.717, 1.165) is 11.2 Å². The fourth-order valence-electron chi connectivity index (χ4n) is 4.86. The van der Waals surface area contributed by atoms with Crippen molar-refractivity contribution in [3.8, 4) is 22.4 Å². The lowest BCUT2D eigenvalue weighted by atomic mass is 9.97. The van der Waals surface area contributed by atoms with Crippen molar-refractivity contribution < 1.29 is 8.98 Å². The highest BCUT2D eigenvalue weighted by Crippen LogP contribution is 2.38. The molecule has 0 aliphatic carbocycles. The Morgan fingerprint density at radius 2 is 1.34 bits per heavy atom. The molecule has 0 fully saturated rings. The Bertz CT molecular complexity index is 1640. The molecule has 2 aromatic heterocycles. The molecule has 2 heterocycles. The van der Waals surface area contributed by atoms with Crippen molar-refractivity contribution in [3.05, 3.63) is 102 Å². The van der Waals surface area contributed by atoms with Crippen LogP contribution in [0.15, 0.2) is 95.5 Å². The summed E-state index contributed by atoms with van der Waals surface area (Å²) in [5.74, 6) is 0. The third kappa shape index (κ3) is 2.84. The van der Waals surface area contributed by atoms with Gasteiger partial charge in [-0.2, -0.15) is 0 Å². The quantitative estimate of drug-likeness (QED) is 0.268. The number of benzene rings is 4. The van der Waals surface area contributed by atoms with E-state index in [1.165, 1.54) is 55.1 Å². The molecule has 0 bridgehead atoms. The van der Waals surface area contributed by atoms with Crippen molar-refractivity contribution in [2.75, 3.05) is 0 Å². The minimum atomic E-state index is 0.932. The van der Waals surface area contributed by atoms with Crippen LogP contribution in [0.1, 0.15) is 11.1 Å². The van der Waals surface area contributed by atoms with Crippen LogP contribution in [-0.4, -0.2) is 0 Å². The number of hydrogen-bond acceptors (Lipinski definition) is 1. The molecule has 0 aliphatic rings. The van der Waals surface area contributed by atoms with E-state index in [4.69, 9.17) is 4.42 Å². The average molecular weight is 415 g/mol. The third-order valence-corrected chi connectivity index (χ3v) is 6.56. The molecule has 0 N–H and O–H groups in total. The maximum atomic E-state index is 6.48. The lowest BCUT2D eigenvalue weighted by Crippen LogP contribution is -2.30. The Balaban J connectivity index is 1.61. The number of rotatable bonds is 2.